The van der Waals surface area contributed by atoms with Crippen LogP contribution in [0.5, 0.6) is 0 Å². The molecule has 0 atom stereocenters. The molecule has 0 aliphatic rings. The Labute approximate surface area is 117 Å². The highest BCUT2D eigenvalue weighted by Crippen LogP contribution is 2.25. The van der Waals surface area contributed by atoms with Crippen molar-refractivity contribution in [3.63, 3.8) is 0 Å². The first-order chi connectivity index (χ1) is 9.61. The molecule has 0 fully saturated rings. The van der Waals surface area contributed by atoms with Crippen LogP contribution in [0.4, 0.5) is 0 Å². The fourth-order valence-electron chi connectivity index (χ4n) is 2.17. The third kappa shape index (κ3) is 3.34. The molecule has 3 rings (SSSR count). The van der Waals surface area contributed by atoms with Crippen molar-refractivity contribution >= 4 is 35.9 Å². The second-order valence-electron chi connectivity index (χ2n) is 4.25. The maximum absolute atomic E-state index is 8.74. The Balaban J connectivity index is 0.000000328. The molecule has 20 heavy (non-hydrogen) atoms. The fourth-order valence-corrected chi connectivity index (χ4v) is 2.17. The van der Waals surface area contributed by atoms with Gasteiger partial charge in [0.15, 0.2) is 0 Å². The van der Waals surface area contributed by atoms with E-state index in [4.69, 9.17) is 14.4 Å². The van der Waals surface area contributed by atoms with Crippen LogP contribution in [-0.4, -0.2) is 9.79 Å². The highest BCUT2D eigenvalue weighted by atomic mass is 31.1. The Morgan fingerprint density at radius 3 is 2.05 bits per heavy atom. The molecule has 2 N–H and O–H groups in total. The van der Waals surface area contributed by atoms with Crippen LogP contribution >= 0.6 is 8.25 Å². The van der Waals surface area contributed by atoms with E-state index in [0.29, 0.717) is 0 Å². The topological polar surface area (TPSA) is 57.5 Å². The van der Waals surface area contributed by atoms with E-state index in [-0.39, 0.29) is 0 Å². The lowest BCUT2D eigenvalue weighted by Crippen LogP contribution is -1.79. The Bertz CT molecular complexity index is 777. The van der Waals surface area contributed by atoms with Crippen molar-refractivity contribution in [2.75, 3.05) is 0 Å². The molecule has 0 aliphatic heterocycles. The maximum atomic E-state index is 8.74. The third-order valence-electron chi connectivity index (χ3n) is 3.00. The minimum atomic E-state index is -3.13. The van der Waals surface area contributed by atoms with Gasteiger partial charge >= 0.3 is 8.25 Å². The zero-order valence-corrected chi connectivity index (χ0v) is 11.8. The first kappa shape index (κ1) is 14.5. The first-order valence-electron chi connectivity index (χ1n) is 6.07. The molecule has 3 aromatic carbocycles. The lowest BCUT2D eigenvalue weighted by Gasteiger charge is -2.04. The molecule has 4 heteroatoms. The fraction of sp³-hybridized carbons (Fsp3) is 0. The second kappa shape index (κ2) is 6.49. The summed E-state index contributed by atoms with van der Waals surface area (Å²) in [6.07, 6.45) is 1.91. The summed E-state index contributed by atoms with van der Waals surface area (Å²) in [6, 6.07) is 19.2. The molecule has 0 aromatic heterocycles. The zero-order valence-electron chi connectivity index (χ0n) is 10.8. The number of hydrogen-bond donors (Lipinski definition) is 2. The molecular weight excluding hydrogens is 271 g/mol. The third-order valence-corrected chi connectivity index (χ3v) is 3.00. The van der Waals surface area contributed by atoms with Crippen LogP contribution in [0, 0.1) is 0 Å². The standard InChI is InChI=1S/C16H12.H3O3P/c1-2-12-8-5-9-15-10-13-6-3-4-7-14(13)11-16(12)15;1-4(2)3/h2-11H,1H2;4H,(H2,1,2,3). The van der Waals surface area contributed by atoms with Crippen LogP contribution in [-0.2, 0) is 4.57 Å². The van der Waals surface area contributed by atoms with E-state index < -0.39 is 8.25 Å². The van der Waals surface area contributed by atoms with Gasteiger partial charge in [-0.05, 0) is 39.2 Å². The van der Waals surface area contributed by atoms with Crippen LogP contribution in [0.1, 0.15) is 5.56 Å². The van der Waals surface area contributed by atoms with Crippen LogP contribution < -0.4 is 0 Å². The van der Waals surface area contributed by atoms with Gasteiger partial charge in [0, 0.05) is 0 Å². The van der Waals surface area contributed by atoms with Crippen molar-refractivity contribution in [1.82, 2.24) is 0 Å². The van der Waals surface area contributed by atoms with Crippen LogP contribution in [0.2, 0.25) is 0 Å². The summed E-state index contributed by atoms with van der Waals surface area (Å²) in [4.78, 5) is 14.3. The molecule has 0 unspecified atom stereocenters. The summed E-state index contributed by atoms with van der Waals surface area (Å²) in [5, 5.41) is 5.12. The van der Waals surface area contributed by atoms with Crippen LogP contribution in [0.3, 0.4) is 0 Å². The number of hydrogen-bond acceptors (Lipinski definition) is 1. The summed E-state index contributed by atoms with van der Waals surface area (Å²) in [7, 11) is -3.13. The quantitative estimate of drug-likeness (QED) is 0.525. The summed E-state index contributed by atoms with van der Waals surface area (Å²) >= 11 is 0. The molecule has 102 valence electrons. The zero-order chi connectivity index (χ0) is 14.5. The van der Waals surface area contributed by atoms with Crippen LogP contribution in [0.15, 0.2) is 61.2 Å². The van der Waals surface area contributed by atoms with Gasteiger partial charge in [-0.15, -0.1) is 0 Å². The smallest absolute Gasteiger partial charge is 0.314 e. The van der Waals surface area contributed by atoms with E-state index in [1.807, 2.05) is 6.08 Å². The number of fused-ring (bicyclic) bond motifs is 2. The molecule has 0 spiro atoms. The summed E-state index contributed by atoms with van der Waals surface area (Å²) in [5.74, 6) is 0. The van der Waals surface area contributed by atoms with Gasteiger partial charge in [-0.25, -0.2) is 0 Å². The van der Waals surface area contributed by atoms with Crippen molar-refractivity contribution < 1.29 is 14.4 Å². The molecular formula is C16H15O3P. The monoisotopic (exact) mass is 286 g/mol. The molecule has 0 bridgehead atoms. The summed E-state index contributed by atoms with van der Waals surface area (Å²) in [6.45, 7) is 3.86. The van der Waals surface area contributed by atoms with Crippen LogP contribution in [0.25, 0.3) is 27.6 Å². The van der Waals surface area contributed by atoms with Gasteiger partial charge in [0.1, 0.15) is 0 Å². The normalized spacial score (nSPS) is 10.3. The maximum Gasteiger partial charge on any atom is 0.314 e. The molecule has 0 amide bonds. The minimum absolute atomic E-state index is 1.20. The molecule has 0 saturated heterocycles. The Hall–Kier alpha value is -1.93. The largest absolute Gasteiger partial charge is 0.326 e. The van der Waals surface area contributed by atoms with Gasteiger partial charge in [0.05, 0.1) is 0 Å². The Morgan fingerprint density at radius 2 is 1.45 bits per heavy atom. The molecule has 0 radical (unpaired) electrons. The number of benzene rings is 3. The second-order valence-corrected chi connectivity index (χ2v) is 4.82. The summed E-state index contributed by atoms with van der Waals surface area (Å²) < 4.78 is 8.74. The minimum Gasteiger partial charge on any atom is -0.326 e. The van der Waals surface area contributed by atoms with Gasteiger partial charge in [0.2, 0.25) is 0 Å². The molecule has 3 nitrogen and oxygen atoms in total. The van der Waals surface area contributed by atoms with E-state index in [1.165, 1.54) is 27.1 Å². The van der Waals surface area contributed by atoms with Gasteiger partial charge < -0.3 is 9.79 Å². The van der Waals surface area contributed by atoms with Crippen molar-refractivity contribution in [3.05, 3.63) is 66.7 Å². The van der Waals surface area contributed by atoms with E-state index in [2.05, 4.69) is 61.2 Å². The lowest BCUT2D eigenvalue weighted by atomic mass is 10.00. The summed E-state index contributed by atoms with van der Waals surface area (Å²) in [5.41, 5.74) is 1.20. The van der Waals surface area contributed by atoms with Gasteiger partial charge in [-0.2, -0.15) is 0 Å². The van der Waals surface area contributed by atoms with Gasteiger partial charge in [-0.3, -0.25) is 4.57 Å². The van der Waals surface area contributed by atoms with Crippen molar-refractivity contribution in [3.8, 4) is 0 Å². The highest BCUT2D eigenvalue weighted by molar-refractivity contribution is 7.30. The molecule has 0 saturated carbocycles. The first-order valence-corrected chi connectivity index (χ1v) is 7.38. The number of rotatable bonds is 1. The molecule has 0 heterocycles. The molecule has 0 aliphatic carbocycles. The average molecular weight is 286 g/mol. The van der Waals surface area contributed by atoms with E-state index in [9.17, 15) is 0 Å². The van der Waals surface area contributed by atoms with E-state index in [0.717, 1.165) is 0 Å². The predicted octanol–water partition coefficient (Wildman–Crippen LogP) is 4.00. The predicted molar refractivity (Wildman–Crippen MR) is 85.0 cm³/mol. The molecule has 3 aromatic rings. The van der Waals surface area contributed by atoms with Crippen molar-refractivity contribution in [1.29, 1.82) is 0 Å². The van der Waals surface area contributed by atoms with E-state index in [1.54, 1.807) is 0 Å². The van der Waals surface area contributed by atoms with Crippen molar-refractivity contribution in [2.45, 2.75) is 0 Å². The van der Waals surface area contributed by atoms with Gasteiger partial charge in [0.25, 0.3) is 0 Å². The Morgan fingerprint density at radius 1 is 0.900 bits per heavy atom. The highest BCUT2D eigenvalue weighted by Gasteiger charge is 1.99. The average Bonchev–Trinajstić information content (AvgIpc) is 2.43. The SMILES string of the molecule is C=Cc1cccc2cc3ccccc3cc12.O=[PH](O)O. The Kier molecular flexibility index (Phi) is 4.70. The van der Waals surface area contributed by atoms with E-state index >= 15 is 0 Å². The lowest BCUT2D eigenvalue weighted by molar-refractivity contribution is 0.405. The van der Waals surface area contributed by atoms with Crippen molar-refractivity contribution in [2.24, 2.45) is 0 Å². The van der Waals surface area contributed by atoms with Gasteiger partial charge in [-0.1, -0.05) is 55.1 Å².